The van der Waals surface area contributed by atoms with Gasteiger partial charge in [-0.1, -0.05) is 13.8 Å². The summed E-state index contributed by atoms with van der Waals surface area (Å²) >= 11 is 0. The van der Waals surface area contributed by atoms with E-state index in [1.165, 1.54) is 0 Å². The van der Waals surface area contributed by atoms with Gasteiger partial charge in [0.2, 0.25) is 0 Å². The number of pyridine rings is 1. The summed E-state index contributed by atoms with van der Waals surface area (Å²) in [7, 11) is 1.70. The monoisotopic (exact) mass is 291 g/mol. The zero-order valence-electron chi connectivity index (χ0n) is 13.2. The van der Waals surface area contributed by atoms with Gasteiger partial charge in [-0.25, -0.2) is 4.98 Å². The van der Waals surface area contributed by atoms with Gasteiger partial charge in [0.25, 0.3) is 5.91 Å². The molecule has 2 heterocycles. The van der Waals surface area contributed by atoms with Gasteiger partial charge in [0.1, 0.15) is 5.82 Å². The van der Waals surface area contributed by atoms with Gasteiger partial charge in [0.15, 0.2) is 0 Å². The number of nitrogens with zero attached hydrogens (tertiary/aromatic N) is 2. The first-order chi connectivity index (χ1) is 10.2. The van der Waals surface area contributed by atoms with Crippen molar-refractivity contribution in [2.45, 2.75) is 39.2 Å². The summed E-state index contributed by atoms with van der Waals surface area (Å²) in [5.74, 6) is 0.869. The molecule has 1 aliphatic rings. The molecule has 1 aromatic rings. The maximum absolute atomic E-state index is 12.6. The maximum atomic E-state index is 12.6. The summed E-state index contributed by atoms with van der Waals surface area (Å²) in [5.41, 5.74) is 1.67. The molecule has 116 valence electrons. The van der Waals surface area contributed by atoms with Crippen LogP contribution >= 0.6 is 0 Å². The van der Waals surface area contributed by atoms with Crippen LogP contribution in [0.15, 0.2) is 12.1 Å². The lowest BCUT2D eigenvalue weighted by molar-refractivity contribution is 0.0724. The van der Waals surface area contributed by atoms with Crippen LogP contribution in [-0.2, 0) is 11.2 Å². The Kier molecular flexibility index (Phi) is 5.56. The van der Waals surface area contributed by atoms with Crippen LogP contribution < -0.4 is 5.32 Å². The van der Waals surface area contributed by atoms with E-state index in [1.807, 2.05) is 17.0 Å². The van der Waals surface area contributed by atoms with Gasteiger partial charge in [-0.3, -0.25) is 4.79 Å². The van der Waals surface area contributed by atoms with E-state index in [9.17, 15) is 4.79 Å². The topological polar surface area (TPSA) is 54.5 Å². The molecule has 5 heteroatoms. The van der Waals surface area contributed by atoms with Crippen LogP contribution in [0.3, 0.4) is 0 Å². The quantitative estimate of drug-likeness (QED) is 0.874. The third-order valence-corrected chi connectivity index (χ3v) is 3.81. The molecule has 0 saturated carbocycles. The minimum atomic E-state index is 0.0752. The predicted octanol–water partition coefficient (Wildman–Crippen LogP) is 2.33. The smallest absolute Gasteiger partial charge is 0.254 e. The molecule has 0 aromatic carbocycles. The van der Waals surface area contributed by atoms with Crippen molar-refractivity contribution in [2.75, 3.05) is 32.1 Å². The summed E-state index contributed by atoms with van der Waals surface area (Å²) in [6.07, 6.45) is 2.93. The minimum Gasteiger partial charge on any atom is -0.380 e. The number of hydrogen-bond donors (Lipinski definition) is 1. The largest absolute Gasteiger partial charge is 0.380 e. The third-order valence-electron chi connectivity index (χ3n) is 3.81. The molecule has 1 unspecified atom stereocenters. The molecule has 21 heavy (non-hydrogen) atoms. The highest BCUT2D eigenvalue weighted by Crippen LogP contribution is 2.18. The molecule has 0 aliphatic carbocycles. The molecule has 5 nitrogen and oxygen atoms in total. The minimum absolute atomic E-state index is 0.0752. The van der Waals surface area contributed by atoms with Crippen molar-refractivity contribution < 1.29 is 9.53 Å². The lowest BCUT2D eigenvalue weighted by Crippen LogP contribution is -2.30. The Morgan fingerprint density at radius 1 is 1.48 bits per heavy atom. The Labute approximate surface area is 126 Å². The Balaban J connectivity index is 2.15. The number of nitrogens with one attached hydrogen (secondary N) is 1. The Morgan fingerprint density at radius 2 is 2.29 bits per heavy atom. The molecule has 0 spiro atoms. The second-order valence-electron chi connectivity index (χ2n) is 5.41. The van der Waals surface area contributed by atoms with Crippen LogP contribution in [0.4, 0.5) is 5.82 Å². The number of aryl methyl sites for hydroxylation is 1. The molecule has 1 N–H and O–H groups in total. The first kappa shape index (κ1) is 15.8. The highest BCUT2D eigenvalue weighted by molar-refractivity contribution is 5.95. The van der Waals surface area contributed by atoms with E-state index in [4.69, 9.17) is 4.74 Å². The van der Waals surface area contributed by atoms with Gasteiger partial charge in [0.05, 0.1) is 6.10 Å². The van der Waals surface area contributed by atoms with Gasteiger partial charge in [0, 0.05) is 38.0 Å². The van der Waals surface area contributed by atoms with E-state index < -0.39 is 0 Å². The van der Waals surface area contributed by atoms with Crippen LogP contribution in [0, 0.1) is 0 Å². The molecule has 0 bridgehead atoms. The molecule has 1 aliphatic heterocycles. The van der Waals surface area contributed by atoms with Crippen molar-refractivity contribution in [1.29, 1.82) is 0 Å². The molecule has 1 saturated heterocycles. The highest BCUT2D eigenvalue weighted by Gasteiger charge is 2.27. The lowest BCUT2D eigenvalue weighted by Gasteiger charge is -2.17. The van der Waals surface area contributed by atoms with Gasteiger partial charge in [-0.15, -0.1) is 0 Å². The standard InChI is InChI=1S/C16H25N3O2/c1-4-7-17-15-10-12(9-13(5-2)18-15)16(20)19-8-6-14(11-19)21-3/h9-10,14H,4-8,11H2,1-3H3,(H,17,18). The van der Waals surface area contributed by atoms with Crippen LogP contribution in [0.2, 0.25) is 0 Å². The number of rotatable bonds is 6. The molecular formula is C16H25N3O2. The molecule has 1 aromatic heterocycles. The number of likely N-dealkylation sites (tertiary alicyclic amines) is 1. The van der Waals surface area contributed by atoms with Crippen molar-refractivity contribution in [3.8, 4) is 0 Å². The molecule has 1 fully saturated rings. The Morgan fingerprint density at radius 3 is 2.90 bits per heavy atom. The SMILES string of the molecule is CCCNc1cc(C(=O)N2CCC(OC)C2)cc(CC)n1. The van der Waals surface area contributed by atoms with Gasteiger partial charge >= 0.3 is 0 Å². The second-order valence-corrected chi connectivity index (χ2v) is 5.41. The van der Waals surface area contributed by atoms with E-state index in [1.54, 1.807) is 7.11 Å². The predicted molar refractivity (Wildman–Crippen MR) is 83.7 cm³/mol. The van der Waals surface area contributed by atoms with Gasteiger partial charge in [-0.05, 0) is 31.4 Å². The van der Waals surface area contributed by atoms with Crippen LogP contribution in [0.5, 0.6) is 0 Å². The average molecular weight is 291 g/mol. The van der Waals surface area contributed by atoms with Crippen molar-refractivity contribution in [3.05, 3.63) is 23.4 Å². The summed E-state index contributed by atoms with van der Waals surface area (Å²) in [6, 6.07) is 3.76. The second kappa shape index (κ2) is 7.41. The summed E-state index contributed by atoms with van der Waals surface area (Å²) < 4.78 is 5.33. The number of anilines is 1. The average Bonchev–Trinajstić information content (AvgIpc) is 3.00. The van der Waals surface area contributed by atoms with E-state index >= 15 is 0 Å². The van der Waals surface area contributed by atoms with Crippen molar-refractivity contribution in [2.24, 2.45) is 0 Å². The Hall–Kier alpha value is -1.62. The Bertz CT molecular complexity index is 490. The summed E-state index contributed by atoms with van der Waals surface area (Å²) in [5, 5.41) is 3.27. The van der Waals surface area contributed by atoms with E-state index in [0.29, 0.717) is 6.54 Å². The van der Waals surface area contributed by atoms with Crippen LogP contribution in [0.1, 0.15) is 42.7 Å². The fourth-order valence-electron chi connectivity index (χ4n) is 2.52. The van der Waals surface area contributed by atoms with E-state index in [2.05, 4.69) is 24.1 Å². The third kappa shape index (κ3) is 3.94. The maximum Gasteiger partial charge on any atom is 0.254 e. The van der Waals surface area contributed by atoms with Crippen LogP contribution in [0.25, 0.3) is 0 Å². The number of hydrogen-bond acceptors (Lipinski definition) is 4. The first-order valence-electron chi connectivity index (χ1n) is 7.74. The van der Waals surface area contributed by atoms with Gasteiger partial charge < -0.3 is 15.0 Å². The lowest BCUT2D eigenvalue weighted by atomic mass is 10.1. The highest BCUT2D eigenvalue weighted by atomic mass is 16.5. The zero-order chi connectivity index (χ0) is 15.2. The van der Waals surface area contributed by atoms with Crippen molar-refractivity contribution in [3.63, 3.8) is 0 Å². The number of aromatic nitrogens is 1. The van der Waals surface area contributed by atoms with Gasteiger partial charge in [-0.2, -0.15) is 0 Å². The molecule has 1 atom stereocenters. The molecular weight excluding hydrogens is 266 g/mol. The van der Waals surface area contributed by atoms with E-state index in [0.717, 1.165) is 49.4 Å². The zero-order valence-corrected chi connectivity index (χ0v) is 13.2. The fraction of sp³-hybridized carbons (Fsp3) is 0.625. The fourth-order valence-corrected chi connectivity index (χ4v) is 2.52. The number of methoxy groups -OCH3 is 1. The number of carbonyl (C=O) groups excluding carboxylic acids is 1. The molecule has 0 radical (unpaired) electrons. The van der Waals surface area contributed by atoms with E-state index in [-0.39, 0.29) is 12.0 Å². The molecule has 2 rings (SSSR count). The summed E-state index contributed by atoms with van der Waals surface area (Å²) in [4.78, 5) is 19.0. The normalized spacial score (nSPS) is 18.0. The number of ether oxygens (including phenoxy) is 1. The molecule has 1 amide bonds. The number of carbonyl (C=O) groups is 1. The van der Waals surface area contributed by atoms with Crippen molar-refractivity contribution >= 4 is 11.7 Å². The van der Waals surface area contributed by atoms with Crippen molar-refractivity contribution in [1.82, 2.24) is 9.88 Å². The summed E-state index contributed by atoms with van der Waals surface area (Å²) in [6.45, 7) is 6.47. The number of amides is 1. The first-order valence-corrected chi connectivity index (χ1v) is 7.74. The van der Waals surface area contributed by atoms with Crippen LogP contribution in [-0.4, -0.2) is 48.6 Å².